The van der Waals surface area contributed by atoms with Crippen LogP contribution in [0.3, 0.4) is 0 Å². The van der Waals surface area contributed by atoms with Crippen LogP contribution in [0.2, 0.25) is 19.6 Å². The molecule has 0 amide bonds. The molecule has 0 fully saturated rings. The number of allylic oxidation sites excluding steroid dienone is 1. The Hall–Kier alpha value is -0.863. The van der Waals surface area contributed by atoms with Crippen molar-refractivity contribution in [3.8, 4) is 0 Å². The first kappa shape index (κ1) is 10.6. The van der Waals surface area contributed by atoms with Gasteiger partial charge in [0.15, 0.2) is 0 Å². The lowest BCUT2D eigenvalue weighted by molar-refractivity contribution is 0.226. The summed E-state index contributed by atoms with van der Waals surface area (Å²) in [5, 5.41) is 11.6. The molecule has 1 nitrogen and oxygen atoms in total. The molecule has 2 rings (SSSR count). The van der Waals surface area contributed by atoms with Crippen LogP contribution in [0.4, 0.5) is 0 Å². The molecule has 0 bridgehead atoms. The number of hydrogen-bond acceptors (Lipinski definition) is 1. The number of benzene rings is 1. The molecule has 1 atom stereocenters. The van der Waals surface area contributed by atoms with E-state index in [0.717, 1.165) is 5.56 Å². The van der Waals surface area contributed by atoms with Crippen LogP contribution in [0, 0.1) is 0 Å². The smallest absolute Gasteiger partial charge is 0.0977 e. The summed E-state index contributed by atoms with van der Waals surface area (Å²) in [6.07, 6.45) is -0.354. The van der Waals surface area contributed by atoms with Crippen molar-refractivity contribution < 1.29 is 5.11 Å². The highest BCUT2D eigenvalue weighted by atomic mass is 28.3. The van der Waals surface area contributed by atoms with Crippen LogP contribution < -0.4 is 0 Å². The third-order valence-corrected chi connectivity index (χ3v) is 5.41. The number of rotatable bonds is 1. The first-order valence-electron chi connectivity index (χ1n) is 5.41. The largest absolute Gasteiger partial charge is 0.384 e. The highest BCUT2D eigenvalue weighted by molar-refractivity contribution is 6.84. The fourth-order valence-corrected chi connectivity index (χ4v) is 4.79. The maximum Gasteiger partial charge on any atom is 0.0977 e. The van der Waals surface area contributed by atoms with E-state index in [2.05, 4.69) is 32.6 Å². The second kappa shape index (κ2) is 3.32. The van der Waals surface area contributed by atoms with Crippen molar-refractivity contribution in [1.82, 2.24) is 0 Å². The lowest BCUT2D eigenvalue weighted by atomic mass is 10.1. The van der Waals surface area contributed by atoms with E-state index in [1.165, 1.54) is 16.3 Å². The molecule has 1 unspecified atom stereocenters. The van der Waals surface area contributed by atoms with E-state index in [-0.39, 0.29) is 6.10 Å². The van der Waals surface area contributed by atoms with Gasteiger partial charge in [0.1, 0.15) is 0 Å². The predicted octanol–water partition coefficient (Wildman–Crippen LogP) is 3.38. The minimum Gasteiger partial charge on any atom is -0.384 e. The molecule has 1 aromatic rings. The average molecular weight is 218 g/mol. The third-order valence-electron chi connectivity index (χ3n) is 3.14. The molecule has 15 heavy (non-hydrogen) atoms. The van der Waals surface area contributed by atoms with Gasteiger partial charge in [-0.2, -0.15) is 0 Å². The molecule has 0 spiro atoms. The maximum atomic E-state index is 10.3. The minimum absolute atomic E-state index is 0.354. The monoisotopic (exact) mass is 218 g/mol. The Labute approximate surface area is 92.5 Å². The zero-order valence-electron chi connectivity index (χ0n) is 9.83. The summed E-state index contributed by atoms with van der Waals surface area (Å²) >= 11 is 0. The summed E-state index contributed by atoms with van der Waals surface area (Å²) < 4.78 is 0. The predicted molar refractivity (Wildman–Crippen MR) is 67.3 cm³/mol. The molecule has 0 aromatic heterocycles. The molecular weight excluding hydrogens is 200 g/mol. The highest BCUT2D eigenvalue weighted by Gasteiger charge is 2.34. The Morgan fingerprint density at radius 3 is 2.27 bits per heavy atom. The molecule has 0 aliphatic heterocycles. The fourth-order valence-electron chi connectivity index (χ4n) is 2.56. The van der Waals surface area contributed by atoms with Gasteiger partial charge in [0.2, 0.25) is 0 Å². The first-order chi connectivity index (χ1) is 6.93. The molecule has 80 valence electrons. The molecule has 1 aliphatic rings. The molecule has 0 saturated carbocycles. The van der Waals surface area contributed by atoms with Crippen LogP contribution in [0.1, 0.15) is 24.2 Å². The molecule has 0 saturated heterocycles. The number of hydrogen-bond donors (Lipinski definition) is 1. The zero-order chi connectivity index (χ0) is 11.2. The molecule has 0 radical (unpaired) electrons. The third kappa shape index (κ3) is 1.58. The zero-order valence-corrected chi connectivity index (χ0v) is 10.8. The van der Waals surface area contributed by atoms with Crippen LogP contribution in [0.15, 0.2) is 29.5 Å². The van der Waals surface area contributed by atoms with E-state index >= 15 is 0 Å². The Morgan fingerprint density at radius 1 is 1.13 bits per heavy atom. The SMILES string of the molecule is CC1=C([Si](C)(C)C)C(O)c2ccccc21. The van der Waals surface area contributed by atoms with Gasteiger partial charge < -0.3 is 5.11 Å². The van der Waals surface area contributed by atoms with Crippen molar-refractivity contribution in [2.75, 3.05) is 0 Å². The van der Waals surface area contributed by atoms with Crippen molar-refractivity contribution in [2.24, 2.45) is 0 Å². The van der Waals surface area contributed by atoms with Crippen molar-refractivity contribution >= 4 is 13.6 Å². The summed E-state index contributed by atoms with van der Waals surface area (Å²) in [4.78, 5) is 0. The number of fused-ring (bicyclic) bond motifs is 1. The maximum absolute atomic E-state index is 10.3. The molecule has 0 heterocycles. The van der Waals surface area contributed by atoms with Crippen molar-refractivity contribution in [1.29, 1.82) is 0 Å². The Balaban J connectivity index is 2.60. The minimum atomic E-state index is -1.42. The number of aliphatic hydroxyl groups excluding tert-OH is 1. The van der Waals surface area contributed by atoms with Crippen molar-refractivity contribution in [3.05, 3.63) is 40.6 Å². The summed E-state index contributed by atoms with van der Waals surface area (Å²) in [6.45, 7) is 9.02. The van der Waals surface area contributed by atoms with Crippen LogP contribution in [-0.2, 0) is 0 Å². The Bertz CT molecular complexity index is 426. The summed E-state index contributed by atoms with van der Waals surface area (Å²) in [5.41, 5.74) is 3.63. The Morgan fingerprint density at radius 2 is 1.73 bits per heavy atom. The van der Waals surface area contributed by atoms with Crippen LogP contribution >= 0.6 is 0 Å². The van der Waals surface area contributed by atoms with Crippen LogP contribution in [0.5, 0.6) is 0 Å². The van der Waals surface area contributed by atoms with Gasteiger partial charge in [-0.25, -0.2) is 0 Å². The van der Waals surface area contributed by atoms with Crippen LogP contribution in [0.25, 0.3) is 5.57 Å². The summed E-state index contributed by atoms with van der Waals surface area (Å²) in [5.74, 6) is 0. The van der Waals surface area contributed by atoms with Crippen molar-refractivity contribution in [3.63, 3.8) is 0 Å². The van der Waals surface area contributed by atoms with E-state index < -0.39 is 8.07 Å². The van der Waals surface area contributed by atoms with E-state index in [9.17, 15) is 5.11 Å². The summed E-state index contributed by atoms with van der Waals surface area (Å²) in [7, 11) is -1.42. The first-order valence-corrected chi connectivity index (χ1v) is 8.91. The lowest BCUT2D eigenvalue weighted by Gasteiger charge is -2.23. The van der Waals surface area contributed by atoms with E-state index in [0.29, 0.717) is 0 Å². The van der Waals surface area contributed by atoms with Crippen molar-refractivity contribution in [2.45, 2.75) is 32.7 Å². The lowest BCUT2D eigenvalue weighted by Crippen LogP contribution is -2.27. The molecule has 1 aromatic carbocycles. The average Bonchev–Trinajstić information content (AvgIpc) is 2.39. The van der Waals surface area contributed by atoms with Gasteiger partial charge in [-0.3, -0.25) is 0 Å². The molecule has 2 heteroatoms. The topological polar surface area (TPSA) is 20.2 Å². The van der Waals surface area contributed by atoms with Gasteiger partial charge in [0, 0.05) is 0 Å². The van der Waals surface area contributed by atoms with Gasteiger partial charge in [-0.15, -0.1) is 0 Å². The van der Waals surface area contributed by atoms with Gasteiger partial charge in [0.05, 0.1) is 14.2 Å². The quantitative estimate of drug-likeness (QED) is 0.716. The fraction of sp³-hybridized carbons (Fsp3) is 0.385. The van der Waals surface area contributed by atoms with E-state index in [1.54, 1.807) is 0 Å². The van der Waals surface area contributed by atoms with Gasteiger partial charge >= 0.3 is 0 Å². The second-order valence-corrected chi connectivity index (χ2v) is 10.3. The molecule has 1 N–H and O–H groups in total. The van der Waals surface area contributed by atoms with Gasteiger partial charge in [-0.1, -0.05) is 43.9 Å². The molecular formula is C13H18OSi. The molecule has 1 aliphatic carbocycles. The normalized spacial score (nSPS) is 20.7. The highest BCUT2D eigenvalue weighted by Crippen LogP contribution is 2.43. The van der Waals surface area contributed by atoms with Gasteiger partial charge in [0.25, 0.3) is 0 Å². The number of aliphatic hydroxyl groups is 1. The van der Waals surface area contributed by atoms with E-state index in [4.69, 9.17) is 0 Å². The summed E-state index contributed by atoms with van der Waals surface area (Å²) in [6, 6.07) is 8.20. The standard InChI is InChI=1S/C13H18OSi/c1-9-10-7-5-6-8-11(10)12(14)13(9)15(2,3)4/h5-8,12,14H,1-4H3. The Kier molecular flexibility index (Phi) is 2.36. The van der Waals surface area contributed by atoms with Crippen LogP contribution in [-0.4, -0.2) is 13.2 Å². The van der Waals surface area contributed by atoms with Gasteiger partial charge in [-0.05, 0) is 28.8 Å². The van der Waals surface area contributed by atoms with E-state index in [1.807, 2.05) is 18.2 Å². The second-order valence-electron chi connectivity index (χ2n) is 5.28.